The van der Waals surface area contributed by atoms with Crippen LogP contribution in [-0.2, 0) is 0 Å². The summed E-state index contributed by atoms with van der Waals surface area (Å²) in [6.07, 6.45) is 3.08. The second kappa shape index (κ2) is 8.53. The van der Waals surface area contributed by atoms with Crippen molar-refractivity contribution in [3.05, 3.63) is 78.3 Å². The number of anilines is 1. The van der Waals surface area contributed by atoms with Crippen LogP contribution < -0.4 is 14.9 Å². The van der Waals surface area contributed by atoms with Crippen molar-refractivity contribution in [3.8, 4) is 11.5 Å². The van der Waals surface area contributed by atoms with Crippen molar-refractivity contribution in [2.24, 2.45) is 5.10 Å². The Balaban J connectivity index is 1.72. The number of para-hydroxylation sites is 1. The maximum atomic E-state index is 12.0. The summed E-state index contributed by atoms with van der Waals surface area (Å²) in [5, 5.41) is 4.19. The van der Waals surface area contributed by atoms with E-state index < -0.39 is 5.97 Å². The predicted octanol–water partition coefficient (Wildman–Crippen LogP) is 4.34. The smallest absolute Gasteiger partial charge is 0.379 e. The first-order chi connectivity index (χ1) is 12.8. The fraction of sp³-hybridized carbons (Fsp3) is 0.100. The van der Waals surface area contributed by atoms with Crippen molar-refractivity contribution in [2.45, 2.75) is 6.92 Å². The molecule has 0 saturated carbocycles. The van der Waals surface area contributed by atoms with E-state index in [4.69, 9.17) is 13.9 Å². The monoisotopic (exact) mass is 350 g/mol. The lowest BCUT2D eigenvalue weighted by atomic mass is 10.2. The minimum absolute atomic E-state index is 0.130. The number of nitrogens with one attached hydrogen (secondary N) is 1. The second-order valence-corrected chi connectivity index (χ2v) is 5.24. The van der Waals surface area contributed by atoms with Gasteiger partial charge in [0.05, 0.1) is 24.8 Å². The van der Waals surface area contributed by atoms with Gasteiger partial charge in [-0.3, -0.25) is 5.43 Å². The molecule has 3 aromatic rings. The summed E-state index contributed by atoms with van der Waals surface area (Å²) < 4.78 is 16.0. The van der Waals surface area contributed by atoms with Crippen LogP contribution >= 0.6 is 0 Å². The third-order valence-corrected chi connectivity index (χ3v) is 3.37. The van der Waals surface area contributed by atoms with E-state index in [1.165, 1.54) is 6.26 Å². The summed E-state index contributed by atoms with van der Waals surface area (Å²) in [7, 11) is 0. The van der Waals surface area contributed by atoms with E-state index in [0.717, 1.165) is 11.3 Å². The van der Waals surface area contributed by atoms with Gasteiger partial charge < -0.3 is 13.9 Å². The normalized spacial score (nSPS) is 10.7. The summed E-state index contributed by atoms with van der Waals surface area (Å²) in [5.41, 5.74) is 4.63. The van der Waals surface area contributed by atoms with Crippen molar-refractivity contribution in [3.63, 3.8) is 0 Å². The van der Waals surface area contributed by atoms with Crippen LogP contribution in [0.25, 0.3) is 0 Å². The first-order valence-corrected chi connectivity index (χ1v) is 8.13. The molecule has 0 aliphatic heterocycles. The van der Waals surface area contributed by atoms with Crippen LogP contribution in [0.3, 0.4) is 0 Å². The first-order valence-electron chi connectivity index (χ1n) is 8.13. The second-order valence-electron chi connectivity index (χ2n) is 5.24. The SMILES string of the molecule is CCOc1cc(C=NNc2ccccc2)ccc1OC(=O)c1ccco1. The average molecular weight is 350 g/mol. The van der Waals surface area contributed by atoms with Crippen molar-refractivity contribution >= 4 is 17.9 Å². The van der Waals surface area contributed by atoms with Crippen LogP contribution in [0.1, 0.15) is 23.0 Å². The van der Waals surface area contributed by atoms with Gasteiger partial charge >= 0.3 is 5.97 Å². The Bertz CT molecular complexity index is 874. The highest BCUT2D eigenvalue weighted by Crippen LogP contribution is 2.29. The van der Waals surface area contributed by atoms with Gasteiger partial charge in [0.15, 0.2) is 11.5 Å². The summed E-state index contributed by atoms with van der Waals surface area (Å²) in [4.78, 5) is 12.0. The molecule has 0 radical (unpaired) electrons. The lowest BCUT2D eigenvalue weighted by molar-refractivity contribution is 0.0695. The van der Waals surface area contributed by atoms with Crippen molar-refractivity contribution < 1.29 is 18.7 Å². The number of hydrogen-bond donors (Lipinski definition) is 1. The van der Waals surface area contributed by atoms with E-state index in [0.29, 0.717) is 18.1 Å². The Kier molecular flexibility index (Phi) is 5.67. The maximum absolute atomic E-state index is 12.0. The number of furan rings is 1. The molecule has 1 N–H and O–H groups in total. The van der Waals surface area contributed by atoms with Gasteiger partial charge in [-0.1, -0.05) is 18.2 Å². The van der Waals surface area contributed by atoms with Crippen molar-refractivity contribution in [2.75, 3.05) is 12.0 Å². The fourth-order valence-corrected chi connectivity index (χ4v) is 2.20. The Morgan fingerprint density at radius 2 is 1.96 bits per heavy atom. The number of rotatable bonds is 7. The lowest BCUT2D eigenvalue weighted by Crippen LogP contribution is -2.09. The first kappa shape index (κ1) is 17.3. The molecule has 0 aliphatic rings. The van der Waals surface area contributed by atoms with Gasteiger partial charge in [0, 0.05) is 0 Å². The van der Waals surface area contributed by atoms with E-state index in [-0.39, 0.29) is 5.76 Å². The largest absolute Gasteiger partial charge is 0.490 e. The van der Waals surface area contributed by atoms with E-state index in [1.54, 1.807) is 36.5 Å². The average Bonchev–Trinajstić information content (AvgIpc) is 3.20. The standard InChI is InChI=1S/C20H18N2O4/c1-2-24-19-13-15(14-21-22-16-7-4-3-5-8-16)10-11-17(19)26-20(23)18-9-6-12-25-18/h3-14,22H,2H2,1H3. The number of carbonyl (C=O) groups is 1. The summed E-state index contributed by atoms with van der Waals surface area (Å²) in [6, 6.07) is 18.0. The molecule has 1 heterocycles. The van der Waals surface area contributed by atoms with E-state index in [1.807, 2.05) is 37.3 Å². The molecule has 6 nitrogen and oxygen atoms in total. The number of hydrazone groups is 1. The highest BCUT2D eigenvalue weighted by Gasteiger charge is 2.15. The van der Waals surface area contributed by atoms with E-state index >= 15 is 0 Å². The molecule has 26 heavy (non-hydrogen) atoms. The van der Waals surface area contributed by atoms with Crippen LogP contribution in [0.4, 0.5) is 5.69 Å². The van der Waals surface area contributed by atoms with Crippen LogP contribution in [0.5, 0.6) is 11.5 Å². The van der Waals surface area contributed by atoms with Gasteiger partial charge in [-0.15, -0.1) is 0 Å². The number of benzene rings is 2. The van der Waals surface area contributed by atoms with Crippen molar-refractivity contribution in [1.82, 2.24) is 0 Å². The van der Waals surface area contributed by atoms with E-state index in [2.05, 4.69) is 10.5 Å². The molecule has 0 aliphatic carbocycles. The van der Waals surface area contributed by atoms with Crippen molar-refractivity contribution in [1.29, 1.82) is 0 Å². The van der Waals surface area contributed by atoms with Crippen LogP contribution in [0.2, 0.25) is 0 Å². The molecule has 0 spiro atoms. The fourth-order valence-electron chi connectivity index (χ4n) is 2.20. The molecule has 0 bridgehead atoms. The number of hydrogen-bond acceptors (Lipinski definition) is 6. The van der Waals surface area contributed by atoms with Gasteiger partial charge in [-0.05, 0) is 55.0 Å². The maximum Gasteiger partial charge on any atom is 0.379 e. The molecule has 3 rings (SSSR count). The molecule has 0 amide bonds. The van der Waals surface area contributed by atoms with Crippen LogP contribution in [-0.4, -0.2) is 18.8 Å². The molecule has 2 aromatic carbocycles. The van der Waals surface area contributed by atoms with E-state index in [9.17, 15) is 4.79 Å². The zero-order valence-corrected chi connectivity index (χ0v) is 14.2. The number of esters is 1. The Hall–Kier alpha value is -3.54. The van der Waals surface area contributed by atoms with Gasteiger partial charge in [-0.25, -0.2) is 4.79 Å². The minimum atomic E-state index is -0.580. The molecule has 1 aromatic heterocycles. The molecule has 132 valence electrons. The third kappa shape index (κ3) is 4.51. The quantitative estimate of drug-likeness (QED) is 0.297. The Morgan fingerprint density at radius 1 is 1.12 bits per heavy atom. The molecule has 0 saturated heterocycles. The molecule has 0 fully saturated rings. The number of carbonyl (C=O) groups excluding carboxylic acids is 1. The van der Waals surface area contributed by atoms with Crippen LogP contribution in [0.15, 0.2) is 76.4 Å². The lowest BCUT2D eigenvalue weighted by Gasteiger charge is -2.10. The van der Waals surface area contributed by atoms with Crippen LogP contribution in [0, 0.1) is 0 Å². The number of nitrogens with zero attached hydrogens (tertiary/aromatic N) is 1. The summed E-state index contributed by atoms with van der Waals surface area (Å²) in [5.74, 6) is 0.325. The molecular weight excluding hydrogens is 332 g/mol. The summed E-state index contributed by atoms with van der Waals surface area (Å²) in [6.45, 7) is 2.30. The summed E-state index contributed by atoms with van der Waals surface area (Å²) >= 11 is 0. The highest BCUT2D eigenvalue weighted by atomic mass is 16.6. The minimum Gasteiger partial charge on any atom is -0.490 e. The topological polar surface area (TPSA) is 73.1 Å². The third-order valence-electron chi connectivity index (χ3n) is 3.37. The molecule has 6 heteroatoms. The Labute approximate surface area is 151 Å². The molecule has 0 unspecified atom stereocenters. The molecule has 0 atom stereocenters. The predicted molar refractivity (Wildman–Crippen MR) is 98.9 cm³/mol. The number of ether oxygens (including phenoxy) is 2. The zero-order chi connectivity index (χ0) is 18.2. The molecular formula is C20H18N2O4. The van der Waals surface area contributed by atoms with Gasteiger partial charge in [0.1, 0.15) is 0 Å². The van der Waals surface area contributed by atoms with Gasteiger partial charge in [0.25, 0.3) is 0 Å². The van der Waals surface area contributed by atoms with Gasteiger partial charge in [0.2, 0.25) is 5.76 Å². The zero-order valence-electron chi connectivity index (χ0n) is 14.2. The van der Waals surface area contributed by atoms with Gasteiger partial charge in [-0.2, -0.15) is 5.10 Å². The Morgan fingerprint density at radius 3 is 2.69 bits per heavy atom. The highest BCUT2D eigenvalue weighted by molar-refractivity contribution is 5.89.